The van der Waals surface area contributed by atoms with Gasteiger partial charge >= 0.3 is 5.97 Å². The third-order valence-corrected chi connectivity index (χ3v) is 3.12. The van der Waals surface area contributed by atoms with Crippen molar-refractivity contribution in [1.82, 2.24) is 5.32 Å². The Kier molecular flexibility index (Phi) is 6.37. The molecule has 6 heteroatoms. The van der Waals surface area contributed by atoms with Gasteiger partial charge in [0.2, 0.25) is 0 Å². The number of carboxylic acids is 1. The Hall–Kier alpha value is -2.39. The molecule has 3 atom stereocenters. The van der Waals surface area contributed by atoms with Gasteiger partial charge in [-0.1, -0.05) is 37.3 Å². The van der Waals surface area contributed by atoms with Crippen LogP contribution in [-0.4, -0.2) is 30.1 Å². The Labute approximate surface area is 123 Å². The van der Waals surface area contributed by atoms with Crippen LogP contribution in [0.25, 0.3) is 0 Å². The molecule has 0 unspecified atom stereocenters. The molecule has 0 radical (unpaired) electrons. The second-order valence-electron chi connectivity index (χ2n) is 4.69. The minimum Gasteiger partial charge on any atom is -0.480 e. The van der Waals surface area contributed by atoms with Gasteiger partial charge in [0, 0.05) is 19.4 Å². The van der Waals surface area contributed by atoms with Gasteiger partial charge in [0.1, 0.15) is 6.04 Å². The van der Waals surface area contributed by atoms with Crippen LogP contribution < -0.4 is 5.32 Å². The Morgan fingerprint density at radius 2 is 2.00 bits per heavy atom. The molecule has 1 amide bonds. The Balaban J connectivity index is 2.85. The maximum absolute atomic E-state index is 12.2. The number of aliphatic carboxylic acids is 1. The van der Waals surface area contributed by atoms with Gasteiger partial charge in [-0.3, -0.25) is 4.79 Å². The number of nitriles is 1. The zero-order valence-electron chi connectivity index (χ0n) is 11.9. The molecule has 1 aromatic carbocycles. The molecule has 21 heavy (non-hydrogen) atoms. The van der Waals surface area contributed by atoms with Crippen LogP contribution in [0.4, 0.5) is 0 Å². The third kappa shape index (κ3) is 4.58. The minimum atomic E-state index is -1.17. The normalized spacial score (nSPS) is 14.5. The monoisotopic (exact) mass is 290 g/mol. The Morgan fingerprint density at radius 3 is 2.48 bits per heavy atom. The molecule has 2 N–H and O–H groups in total. The van der Waals surface area contributed by atoms with Crippen molar-refractivity contribution in [2.45, 2.75) is 25.5 Å². The average Bonchev–Trinajstić information content (AvgIpc) is 2.46. The van der Waals surface area contributed by atoms with Gasteiger partial charge in [0.05, 0.1) is 6.07 Å². The lowest BCUT2D eigenvalue weighted by atomic mass is 9.98. The molecule has 0 saturated heterocycles. The first-order valence-electron chi connectivity index (χ1n) is 6.49. The number of benzene rings is 1. The predicted molar refractivity (Wildman–Crippen MR) is 75.2 cm³/mol. The van der Waals surface area contributed by atoms with Crippen LogP contribution in [0.2, 0.25) is 0 Å². The van der Waals surface area contributed by atoms with Crippen LogP contribution >= 0.6 is 0 Å². The van der Waals surface area contributed by atoms with Crippen molar-refractivity contribution in [3.8, 4) is 6.07 Å². The first-order valence-corrected chi connectivity index (χ1v) is 6.49. The number of ether oxygens (including phenoxy) is 1. The molecule has 1 aromatic rings. The molecule has 1 rings (SSSR count). The van der Waals surface area contributed by atoms with E-state index in [9.17, 15) is 14.7 Å². The number of hydrogen-bond donors (Lipinski definition) is 2. The number of carboxylic acid groups (broad SMARTS) is 1. The molecule has 0 aliphatic carbocycles. The van der Waals surface area contributed by atoms with Crippen LogP contribution in [0.3, 0.4) is 0 Å². The van der Waals surface area contributed by atoms with E-state index in [1.54, 1.807) is 31.2 Å². The van der Waals surface area contributed by atoms with Gasteiger partial charge in [-0.25, -0.2) is 4.79 Å². The highest BCUT2D eigenvalue weighted by Gasteiger charge is 2.30. The van der Waals surface area contributed by atoms with Crippen LogP contribution in [0.1, 0.15) is 25.0 Å². The Morgan fingerprint density at radius 1 is 1.38 bits per heavy atom. The molecule has 0 saturated carbocycles. The van der Waals surface area contributed by atoms with E-state index in [1.807, 2.05) is 12.1 Å². The number of carbonyl (C=O) groups is 2. The molecular formula is C15H18N2O4. The fourth-order valence-corrected chi connectivity index (χ4v) is 1.96. The van der Waals surface area contributed by atoms with Gasteiger partial charge in [-0.05, 0) is 5.56 Å². The van der Waals surface area contributed by atoms with E-state index < -0.39 is 29.9 Å². The second-order valence-corrected chi connectivity index (χ2v) is 4.69. The first-order chi connectivity index (χ1) is 10.0. The highest BCUT2D eigenvalue weighted by Crippen LogP contribution is 2.17. The molecule has 0 aromatic heterocycles. The summed E-state index contributed by atoms with van der Waals surface area (Å²) < 4.78 is 5.15. The minimum absolute atomic E-state index is 0.0419. The second kappa shape index (κ2) is 8.02. The van der Waals surface area contributed by atoms with Gasteiger partial charge in [-0.15, -0.1) is 0 Å². The van der Waals surface area contributed by atoms with Crippen molar-refractivity contribution in [2.24, 2.45) is 5.92 Å². The smallest absolute Gasteiger partial charge is 0.326 e. The zero-order valence-corrected chi connectivity index (χ0v) is 11.9. The molecular weight excluding hydrogens is 272 g/mol. The zero-order chi connectivity index (χ0) is 15.8. The summed E-state index contributed by atoms with van der Waals surface area (Å²) in [6, 6.07) is 9.57. The largest absolute Gasteiger partial charge is 0.480 e. The summed E-state index contributed by atoms with van der Waals surface area (Å²) in [6.45, 7) is 1.60. The predicted octanol–water partition coefficient (Wildman–Crippen LogP) is 1.49. The fraction of sp³-hybridized carbons (Fsp3) is 0.400. The van der Waals surface area contributed by atoms with Gasteiger partial charge in [-0.2, -0.15) is 5.26 Å². The lowest BCUT2D eigenvalue weighted by Gasteiger charge is -2.22. The van der Waals surface area contributed by atoms with Gasteiger partial charge < -0.3 is 15.2 Å². The van der Waals surface area contributed by atoms with Crippen molar-refractivity contribution in [1.29, 1.82) is 5.26 Å². The van der Waals surface area contributed by atoms with Gasteiger partial charge in [0.25, 0.3) is 5.91 Å². The number of nitrogens with zero attached hydrogens (tertiary/aromatic N) is 1. The lowest BCUT2D eigenvalue weighted by molar-refractivity contribution is -0.145. The highest BCUT2D eigenvalue weighted by atomic mass is 16.5. The van der Waals surface area contributed by atoms with Crippen LogP contribution in [0.15, 0.2) is 30.3 Å². The molecule has 6 nitrogen and oxygen atoms in total. The topological polar surface area (TPSA) is 99.4 Å². The van der Waals surface area contributed by atoms with E-state index in [-0.39, 0.29) is 6.42 Å². The number of hydrogen-bond acceptors (Lipinski definition) is 4. The van der Waals surface area contributed by atoms with Crippen LogP contribution in [-0.2, 0) is 14.3 Å². The summed E-state index contributed by atoms with van der Waals surface area (Å²) in [5.41, 5.74) is 0.634. The van der Waals surface area contributed by atoms with Crippen molar-refractivity contribution in [3.63, 3.8) is 0 Å². The molecule has 0 bridgehead atoms. The molecule has 0 fully saturated rings. The highest BCUT2D eigenvalue weighted by molar-refractivity contribution is 5.87. The number of rotatable bonds is 7. The Bertz CT molecular complexity index is 524. The van der Waals surface area contributed by atoms with E-state index >= 15 is 0 Å². The van der Waals surface area contributed by atoms with Crippen LogP contribution in [0, 0.1) is 17.2 Å². The van der Waals surface area contributed by atoms with Crippen molar-refractivity contribution >= 4 is 11.9 Å². The quantitative estimate of drug-likeness (QED) is 0.792. The number of carbonyl (C=O) groups excluding carboxylic acids is 1. The summed E-state index contributed by atoms with van der Waals surface area (Å²) in [5.74, 6) is -2.21. The van der Waals surface area contributed by atoms with E-state index in [2.05, 4.69) is 5.32 Å². The molecule has 0 aliphatic rings. The van der Waals surface area contributed by atoms with E-state index in [0.29, 0.717) is 5.56 Å². The number of nitrogens with one attached hydrogen (secondary N) is 1. The summed E-state index contributed by atoms with van der Waals surface area (Å²) in [5, 5.41) is 20.3. The van der Waals surface area contributed by atoms with Crippen LogP contribution in [0.5, 0.6) is 0 Å². The summed E-state index contributed by atoms with van der Waals surface area (Å²) in [4.78, 5) is 23.4. The molecule has 0 spiro atoms. The molecule has 0 heterocycles. The fourth-order valence-electron chi connectivity index (χ4n) is 1.96. The summed E-state index contributed by atoms with van der Waals surface area (Å²) in [7, 11) is 1.38. The van der Waals surface area contributed by atoms with Crippen molar-refractivity contribution in [2.75, 3.05) is 7.11 Å². The maximum atomic E-state index is 12.2. The van der Waals surface area contributed by atoms with Crippen molar-refractivity contribution < 1.29 is 19.4 Å². The van der Waals surface area contributed by atoms with Crippen molar-refractivity contribution in [3.05, 3.63) is 35.9 Å². The molecule has 0 aliphatic heterocycles. The SMILES string of the molecule is CO[C@H](C(=O)N[C@@H](C(=O)O)[C@@H](C)CC#N)c1ccccc1. The number of amides is 1. The van der Waals surface area contributed by atoms with E-state index in [4.69, 9.17) is 10.00 Å². The first kappa shape index (κ1) is 16.7. The lowest BCUT2D eigenvalue weighted by Crippen LogP contribution is -2.47. The standard InChI is InChI=1S/C15H18N2O4/c1-10(8-9-16)12(15(19)20)17-14(18)13(21-2)11-6-4-3-5-7-11/h3-7,10,12-13H,8H2,1-2H3,(H,17,18)(H,19,20)/t10-,12+,13-/m0/s1. The summed E-state index contributed by atoms with van der Waals surface area (Å²) in [6.07, 6.45) is -0.845. The number of methoxy groups -OCH3 is 1. The maximum Gasteiger partial charge on any atom is 0.326 e. The van der Waals surface area contributed by atoms with Gasteiger partial charge in [0.15, 0.2) is 6.10 Å². The third-order valence-electron chi connectivity index (χ3n) is 3.12. The van der Waals surface area contributed by atoms with E-state index in [0.717, 1.165) is 0 Å². The summed E-state index contributed by atoms with van der Waals surface area (Å²) >= 11 is 0. The molecule has 112 valence electrons. The van der Waals surface area contributed by atoms with E-state index in [1.165, 1.54) is 7.11 Å². The average molecular weight is 290 g/mol.